The van der Waals surface area contributed by atoms with Gasteiger partial charge in [-0.15, -0.1) is 0 Å². The van der Waals surface area contributed by atoms with Crippen LogP contribution >= 0.6 is 0 Å². The van der Waals surface area contributed by atoms with E-state index in [1.807, 2.05) is 4.90 Å². The number of aromatic hydroxyl groups is 1. The zero-order valence-electron chi connectivity index (χ0n) is 19.9. The number of pyridine rings is 1. The van der Waals surface area contributed by atoms with E-state index >= 15 is 0 Å². The molecule has 2 N–H and O–H groups in total. The number of aromatic nitrogens is 1. The van der Waals surface area contributed by atoms with Crippen molar-refractivity contribution in [1.29, 1.82) is 0 Å². The molecule has 2 saturated heterocycles. The Morgan fingerprint density at radius 1 is 1.11 bits per heavy atom. The molecular formula is C27H26F3N3O4. The first-order valence-corrected chi connectivity index (χ1v) is 12.8. The molecule has 7 rings (SSSR count). The zero-order chi connectivity index (χ0) is 25.9. The molecule has 3 heterocycles. The number of fused-ring (bicyclic) bond motifs is 1. The zero-order valence-corrected chi connectivity index (χ0v) is 19.9. The fraction of sp³-hybridized carbons (Fsp3) is 0.519. The van der Waals surface area contributed by atoms with Gasteiger partial charge in [0.25, 0.3) is 5.91 Å². The van der Waals surface area contributed by atoms with Gasteiger partial charge in [0.2, 0.25) is 5.56 Å². The number of nitrogens with zero attached hydrogens (tertiary/aromatic N) is 2. The van der Waals surface area contributed by atoms with Gasteiger partial charge in [0.05, 0.1) is 0 Å². The summed E-state index contributed by atoms with van der Waals surface area (Å²) in [6.45, 7) is 0.457. The molecule has 2 aliphatic heterocycles. The highest BCUT2D eigenvalue weighted by Crippen LogP contribution is 2.75. The van der Waals surface area contributed by atoms with E-state index in [-0.39, 0.29) is 47.3 Å². The maximum Gasteiger partial charge on any atom is 0.471 e. The number of H-pyrrole nitrogens is 1. The molecule has 5 aliphatic rings. The van der Waals surface area contributed by atoms with E-state index in [1.165, 1.54) is 6.07 Å². The number of phenolic OH excluding ortho intramolecular Hbond substituents is 1. The number of nitrogens with one attached hydrogen (secondary N) is 1. The highest BCUT2D eigenvalue weighted by Gasteiger charge is 2.77. The summed E-state index contributed by atoms with van der Waals surface area (Å²) in [5.74, 6) is -1.83. The Bertz CT molecular complexity index is 1410. The highest BCUT2D eigenvalue weighted by molar-refractivity contribution is 5.93. The lowest BCUT2D eigenvalue weighted by atomic mass is 9.43. The Kier molecular flexibility index (Phi) is 4.43. The normalized spacial score (nSPS) is 35.2. The van der Waals surface area contributed by atoms with Gasteiger partial charge in [-0.05, 0) is 73.3 Å². The molecule has 6 atom stereocenters. The van der Waals surface area contributed by atoms with Crippen LogP contribution < -0.4 is 5.56 Å². The van der Waals surface area contributed by atoms with E-state index in [0.29, 0.717) is 38.6 Å². The number of benzene rings is 1. The molecule has 0 spiro atoms. The minimum Gasteiger partial charge on any atom is -0.508 e. The van der Waals surface area contributed by atoms with Crippen LogP contribution in [-0.4, -0.2) is 63.1 Å². The molecule has 0 unspecified atom stereocenters. The molecule has 2 aromatic rings. The highest BCUT2D eigenvalue weighted by atomic mass is 19.4. The molecule has 37 heavy (non-hydrogen) atoms. The fourth-order valence-electron chi connectivity index (χ4n) is 9.37. The number of rotatable bonds is 1. The number of likely N-dealkylation sites (tertiary alicyclic amines) is 2. The molecule has 4 fully saturated rings. The Morgan fingerprint density at radius 3 is 2.68 bits per heavy atom. The van der Waals surface area contributed by atoms with Gasteiger partial charge in [0, 0.05) is 42.1 Å². The number of hydrogen-bond acceptors (Lipinski definition) is 4. The van der Waals surface area contributed by atoms with Crippen molar-refractivity contribution < 1.29 is 27.9 Å². The smallest absolute Gasteiger partial charge is 0.471 e. The number of phenols is 1. The number of piperidine rings is 1. The van der Waals surface area contributed by atoms with Crippen molar-refractivity contribution in [2.75, 3.05) is 13.1 Å². The first-order valence-electron chi connectivity index (χ1n) is 12.8. The lowest BCUT2D eigenvalue weighted by molar-refractivity contribution is -0.199. The average molecular weight is 514 g/mol. The first-order chi connectivity index (χ1) is 17.6. The Balaban J connectivity index is 1.36. The fourth-order valence-corrected chi connectivity index (χ4v) is 9.37. The third-order valence-electron chi connectivity index (χ3n) is 10.2. The molecule has 7 nitrogen and oxygen atoms in total. The van der Waals surface area contributed by atoms with Gasteiger partial charge in [0.15, 0.2) is 0 Å². The number of amides is 2. The predicted octanol–water partition coefficient (Wildman–Crippen LogP) is 2.98. The average Bonchev–Trinajstić information content (AvgIpc) is 3.29. The van der Waals surface area contributed by atoms with E-state index in [9.17, 15) is 32.7 Å². The maximum atomic E-state index is 13.7. The molecule has 1 aromatic carbocycles. The summed E-state index contributed by atoms with van der Waals surface area (Å²) >= 11 is 0. The van der Waals surface area contributed by atoms with Crippen LogP contribution in [0.1, 0.15) is 47.3 Å². The standard InChI is InChI=1S/C27H26F3N3O4/c28-27(29,30)24(37)32-9-8-26-17-11-16(34)5-4-14(17)10-20(32)25(26)7-6-19-22(26)15(12-25)13-33(19)23(36)18-2-1-3-21(35)31-18/h1-5,11,15,19-20,22,34H,6-10,12-13H2,(H,31,35)/t15-,19-,20-,22-,25-,26+/m1/s1. The minimum absolute atomic E-state index is 0.00422. The topological polar surface area (TPSA) is 93.7 Å². The van der Waals surface area contributed by atoms with E-state index in [2.05, 4.69) is 4.98 Å². The van der Waals surface area contributed by atoms with Gasteiger partial charge < -0.3 is 19.9 Å². The summed E-state index contributed by atoms with van der Waals surface area (Å²) in [5, 5.41) is 10.5. The lowest BCUT2D eigenvalue weighted by Crippen LogP contribution is -2.71. The van der Waals surface area contributed by atoms with Crippen LogP contribution in [0.4, 0.5) is 13.2 Å². The number of carbonyl (C=O) groups excluding carboxylic acids is 2. The second kappa shape index (κ2) is 7.17. The van der Waals surface area contributed by atoms with Gasteiger partial charge in [-0.2, -0.15) is 13.2 Å². The maximum absolute atomic E-state index is 13.7. The van der Waals surface area contributed by atoms with Gasteiger partial charge in [-0.1, -0.05) is 12.1 Å². The quantitative estimate of drug-likeness (QED) is 0.613. The Hall–Kier alpha value is -3.30. The largest absolute Gasteiger partial charge is 0.508 e. The van der Waals surface area contributed by atoms with E-state index in [4.69, 9.17) is 0 Å². The molecule has 2 amide bonds. The molecule has 3 aliphatic carbocycles. The predicted molar refractivity (Wildman–Crippen MR) is 125 cm³/mol. The van der Waals surface area contributed by atoms with Crippen LogP contribution in [0.15, 0.2) is 41.2 Å². The molecule has 2 saturated carbocycles. The van der Waals surface area contributed by atoms with Crippen molar-refractivity contribution in [1.82, 2.24) is 14.8 Å². The van der Waals surface area contributed by atoms with E-state index in [0.717, 1.165) is 16.0 Å². The second-order valence-corrected chi connectivity index (χ2v) is 11.4. The first kappa shape index (κ1) is 22.9. The van der Waals surface area contributed by atoms with Gasteiger partial charge in [0.1, 0.15) is 11.4 Å². The summed E-state index contributed by atoms with van der Waals surface area (Å²) < 4.78 is 41.0. The number of hydrogen-bond donors (Lipinski definition) is 2. The molecule has 194 valence electrons. The Labute approximate surface area is 210 Å². The van der Waals surface area contributed by atoms with Crippen LogP contribution in [-0.2, 0) is 16.6 Å². The minimum atomic E-state index is -4.94. The second-order valence-electron chi connectivity index (χ2n) is 11.4. The third kappa shape index (κ3) is 2.76. The van der Waals surface area contributed by atoms with Crippen LogP contribution in [0, 0.1) is 17.3 Å². The van der Waals surface area contributed by atoms with Crippen molar-refractivity contribution >= 4 is 11.8 Å². The van der Waals surface area contributed by atoms with Crippen molar-refractivity contribution in [3.05, 3.63) is 63.6 Å². The Morgan fingerprint density at radius 2 is 1.92 bits per heavy atom. The third-order valence-corrected chi connectivity index (χ3v) is 10.2. The number of alkyl halides is 3. The SMILES string of the molecule is O=C(c1cccc(=O)[nH]1)N1C[C@H]2C[C@@]34CC[C@@H]1[C@@H]2[C@@]31CCN(C(=O)C(F)(F)F)[C@@H]4Cc2ccc(O)cc21. The van der Waals surface area contributed by atoms with E-state index in [1.54, 1.807) is 30.3 Å². The lowest BCUT2D eigenvalue weighted by Gasteiger charge is -2.66. The summed E-state index contributed by atoms with van der Waals surface area (Å²) in [4.78, 5) is 43.5. The molecular weight excluding hydrogens is 487 g/mol. The number of carbonyl (C=O) groups is 2. The van der Waals surface area contributed by atoms with E-state index < -0.39 is 29.0 Å². The summed E-state index contributed by atoms with van der Waals surface area (Å²) in [6, 6.07) is 8.89. The molecule has 0 radical (unpaired) electrons. The van der Waals surface area contributed by atoms with Gasteiger partial charge in [-0.25, -0.2) is 0 Å². The van der Waals surface area contributed by atoms with Crippen LogP contribution in [0.2, 0.25) is 0 Å². The van der Waals surface area contributed by atoms with Crippen LogP contribution in [0.25, 0.3) is 0 Å². The van der Waals surface area contributed by atoms with Crippen molar-refractivity contribution in [2.45, 2.75) is 55.8 Å². The van der Waals surface area contributed by atoms with Crippen LogP contribution in [0.3, 0.4) is 0 Å². The summed E-state index contributed by atoms with van der Waals surface area (Å²) in [7, 11) is 0. The summed E-state index contributed by atoms with van der Waals surface area (Å²) in [5.41, 5.74) is 0.660. The molecule has 1 aromatic heterocycles. The van der Waals surface area contributed by atoms with Crippen molar-refractivity contribution in [3.63, 3.8) is 0 Å². The number of halogens is 3. The van der Waals surface area contributed by atoms with Crippen LogP contribution in [0.5, 0.6) is 5.75 Å². The molecule has 4 bridgehead atoms. The monoisotopic (exact) mass is 513 g/mol. The van der Waals surface area contributed by atoms with Gasteiger partial charge >= 0.3 is 12.1 Å². The molecule has 10 heteroatoms. The van der Waals surface area contributed by atoms with Gasteiger partial charge in [-0.3, -0.25) is 14.4 Å². The van der Waals surface area contributed by atoms with Crippen molar-refractivity contribution in [2.24, 2.45) is 17.3 Å². The number of aromatic amines is 1. The summed E-state index contributed by atoms with van der Waals surface area (Å²) in [6.07, 6.45) is -2.38. The van der Waals surface area contributed by atoms with Crippen molar-refractivity contribution in [3.8, 4) is 5.75 Å².